The van der Waals surface area contributed by atoms with Crippen molar-refractivity contribution in [3.05, 3.63) is 18.1 Å². The SMILES string of the molecule is CCN(CC)c1nc(NN)nc(Sc2ccoc2C)n1. The number of hydrogen-bond acceptors (Lipinski definition) is 8. The zero-order chi connectivity index (χ0) is 14.5. The highest BCUT2D eigenvalue weighted by Crippen LogP contribution is 2.29. The first-order valence-electron chi connectivity index (χ1n) is 6.37. The summed E-state index contributed by atoms with van der Waals surface area (Å²) < 4.78 is 5.27. The molecule has 0 aliphatic rings. The Morgan fingerprint density at radius 1 is 1.30 bits per heavy atom. The maximum Gasteiger partial charge on any atom is 0.242 e. The van der Waals surface area contributed by atoms with E-state index in [0.29, 0.717) is 17.1 Å². The lowest BCUT2D eigenvalue weighted by molar-refractivity contribution is 0.527. The molecule has 8 heteroatoms. The van der Waals surface area contributed by atoms with Gasteiger partial charge in [0.05, 0.1) is 11.2 Å². The van der Waals surface area contributed by atoms with Gasteiger partial charge >= 0.3 is 0 Å². The highest BCUT2D eigenvalue weighted by molar-refractivity contribution is 7.99. The van der Waals surface area contributed by atoms with E-state index in [-0.39, 0.29) is 0 Å². The van der Waals surface area contributed by atoms with Crippen LogP contribution in [0.4, 0.5) is 11.9 Å². The lowest BCUT2D eigenvalue weighted by atomic mass is 10.5. The third-order valence-corrected chi connectivity index (χ3v) is 3.80. The van der Waals surface area contributed by atoms with Crippen molar-refractivity contribution in [3.8, 4) is 0 Å². The number of nitrogens with one attached hydrogen (secondary N) is 1. The third kappa shape index (κ3) is 3.20. The van der Waals surface area contributed by atoms with Crippen LogP contribution in [0.3, 0.4) is 0 Å². The molecule has 0 saturated heterocycles. The highest BCUT2D eigenvalue weighted by Gasteiger charge is 2.13. The summed E-state index contributed by atoms with van der Waals surface area (Å²) in [6.07, 6.45) is 1.65. The number of nitrogen functional groups attached to an aromatic ring is 1. The van der Waals surface area contributed by atoms with Crippen LogP contribution in [-0.2, 0) is 0 Å². The van der Waals surface area contributed by atoms with Gasteiger partial charge in [-0.15, -0.1) is 0 Å². The Bertz CT molecular complexity index is 569. The first kappa shape index (κ1) is 14.6. The fourth-order valence-corrected chi connectivity index (χ4v) is 2.45. The number of anilines is 2. The number of aryl methyl sites for hydroxylation is 1. The Labute approximate surface area is 122 Å². The van der Waals surface area contributed by atoms with E-state index in [2.05, 4.69) is 34.2 Å². The molecule has 0 bridgehead atoms. The van der Waals surface area contributed by atoms with Crippen molar-refractivity contribution >= 4 is 23.7 Å². The van der Waals surface area contributed by atoms with Crippen LogP contribution in [0.25, 0.3) is 0 Å². The van der Waals surface area contributed by atoms with E-state index in [1.165, 1.54) is 11.8 Å². The molecule has 108 valence electrons. The number of nitrogens with zero attached hydrogens (tertiary/aromatic N) is 4. The van der Waals surface area contributed by atoms with Crippen molar-refractivity contribution in [2.24, 2.45) is 5.84 Å². The Balaban J connectivity index is 2.32. The van der Waals surface area contributed by atoms with E-state index < -0.39 is 0 Å². The smallest absolute Gasteiger partial charge is 0.242 e. The van der Waals surface area contributed by atoms with Crippen LogP contribution in [0.2, 0.25) is 0 Å². The first-order chi connectivity index (χ1) is 9.67. The van der Waals surface area contributed by atoms with Crippen LogP contribution in [-0.4, -0.2) is 28.0 Å². The summed E-state index contributed by atoms with van der Waals surface area (Å²) in [5.41, 5.74) is 2.48. The molecule has 7 nitrogen and oxygen atoms in total. The molecule has 0 aromatic carbocycles. The van der Waals surface area contributed by atoms with Crippen molar-refractivity contribution in [2.75, 3.05) is 23.4 Å². The summed E-state index contributed by atoms with van der Waals surface area (Å²) in [4.78, 5) is 16.0. The van der Waals surface area contributed by atoms with Crippen LogP contribution < -0.4 is 16.2 Å². The Hall–Kier alpha value is -1.80. The van der Waals surface area contributed by atoms with Crippen molar-refractivity contribution in [1.82, 2.24) is 15.0 Å². The van der Waals surface area contributed by atoms with Gasteiger partial charge in [0.25, 0.3) is 0 Å². The number of nitrogens with two attached hydrogens (primary N) is 1. The van der Waals surface area contributed by atoms with E-state index in [9.17, 15) is 0 Å². The number of furan rings is 1. The van der Waals surface area contributed by atoms with Gasteiger partial charge in [0.1, 0.15) is 5.76 Å². The van der Waals surface area contributed by atoms with Crippen LogP contribution >= 0.6 is 11.8 Å². The van der Waals surface area contributed by atoms with Crippen LogP contribution in [0.15, 0.2) is 26.8 Å². The number of hydrogen-bond donors (Lipinski definition) is 2. The van der Waals surface area contributed by atoms with Crippen LogP contribution in [0.1, 0.15) is 19.6 Å². The maximum absolute atomic E-state index is 5.42. The zero-order valence-corrected chi connectivity index (χ0v) is 12.6. The molecule has 0 aliphatic heterocycles. The normalized spacial score (nSPS) is 10.6. The molecular weight excluding hydrogens is 276 g/mol. The topological polar surface area (TPSA) is 93.1 Å². The predicted octanol–water partition coefficient (Wildman–Crippen LogP) is 2.06. The predicted molar refractivity (Wildman–Crippen MR) is 78.8 cm³/mol. The molecule has 2 heterocycles. The quantitative estimate of drug-likeness (QED) is 0.617. The van der Waals surface area contributed by atoms with Gasteiger partial charge in [-0.3, -0.25) is 5.43 Å². The summed E-state index contributed by atoms with van der Waals surface area (Å²) in [6.45, 7) is 7.64. The highest BCUT2D eigenvalue weighted by atomic mass is 32.2. The second-order valence-corrected chi connectivity index (χ2v) is 5.01. The molecule has 2 aromatic rings. The molecule has 0 unspecified atom stereocenters. The first-order valence-corrected chi connectivity index (χ1v) is 7.19. The molecule has 3 N–H and O–H groups in total. The van der Waals surface area contributed by atoms with E-state index in [1.807, 2.05) is 17.9 Å². The summed E-state index contributed by atoms with van der Waals surface area (Å²) in [7, 11) is 0. The molecule has 0 amide bonds. The zero-order valence-electron chi connectivity index (χ0n) is 11.8. The molecule has 2 rings (SSSR count). The second kappa shape index (κ2) is 6.58. The fraction of sp³-hybridized carbons (Fsp3) is 0.417. The number of hydrazine groups is 1. The van der Waals surface area contributed by atoms with Gasteiger partial charge in [0.15, 0.2) is 5.16 Å². The van der Waals surface area contributed by atoms with E-state index in [4.69, 9.17) is 10.3 Å². The van der Waals surface area contributed by atoms with E-state index in [1.54, 1.807) is 6.26 Å². The van der Waals surface area contributed by atoms with Crippen LogP contribution in [0.5, 0.6) is 0 Å². The minimum Gasteiger partial charge on any atom is -0.468 e. The molecule has 0 fully saturated rings. The van der Waals surface area contributed by atoms with E-state index >= 15 is 0 Å². The Morgan fingerprint density at radius 2 is 2.05 bits per heavy atom. The minimum atomic E-state index is 0.352. The third-order valence-electron chi connectivity index (χ3n) is 2.79. The molecule has 20 heavy (non-hydrogen) atoms. The maximum atomic E-state index is 5.42. The van der Waals surface area contributed by atoms with Gasteiger partial charge in [0, 0.05) is 13.1 Å². The molecular formula is C12H18N6OS. The molecule has 0 radical (unpaired) electrons. The minimum absolute atomic E-state index is 0.352. The second-order valence-electron chi connectivity index (χ2n) is 4.00. The average molecular weight is 294 g/mol. The Morgan fingerprint density at radius 3 is 2.60 bits per heavy atom. The number of aromatic nitrogens is 3. The molecule has 2 aromatic heterocycles. The van der Waals surface area contributed by atoms with Crippen molar-refractivity contribution in [3.63, 3.8) is 0 Å². The summed E-state index contributed by atoms with van der Waals surface area (Å²) in [5.74, 6) is 7.23. The molecule has 0 aliphatic carbocycles. The molecule has 0 saturated carbocycles. The Kier molecular flexibility index (Phi) is 4.80. The lowest BCUT2D eigenvalue weighted by Gasteiger charge is -2.19. The van der Waals surface area contributed by atoms with Gasteiger partial charge in [0.2, 0.25) is 11.9 Å². The average Bonchev–Trinajstić information content (AvgIpc) is 2.85. The summed E-state index contributed by atoms with van der Waals surface area (Å²) in [5, 5.41) is 0.583. The van der Waals surface area contributed by atoms with Crippen molar-refractivity contribution in [2.45, 2.75) is 30.8 Å². The standard InChI is InChI=1S/C12H18N6OS/c1-4-18(5-2)11-14-10(17-13)15-12(16-11)20-9-6-7-19-8(9)3/h6-7H,4-5,13H2,1-3H3,(H,14,15,16,17). The fourth-order valence-electron chi connectivity index (χ4n) is 1.68. The lowest BCUT2D eigenvalue weighted by Crippen LogP contribution is -2.25. The number of rotatable bonds is 6. The largest absolute Gasteiger partial charge is 0.468 e. The molecule has 0 spiro atoms. The van der Waals surface area contributed by atoms with Crippen molar-refractivity contribution < 1.29 is 4.42 Å². The van der Waals surface area contributed by atoms with Crippen LogP contribution in [0, 0.1) is 6.92 Å². The van der Waals surface area contributed by atoms with Gasteiger partial charge in [-0.1, -0.05) is 0 Å². The van der Waals surface area contributed by atoms with Gasteiger partial charge in [-0.25, -0.2) is 5.84 Å². The van der Waals surface area contributed by atoms with Gasteiger partial charge in [-0.05, 0) is 38.6 Å². The van der Waals surface area contributed by atoms with E-state index in [0.717, 1.165) is 23.7 Å². The summed E-state index contributed by atoms with van der Waals surface area (Å²) in [6, 6.07) is 1.89. The summed E-state index contributed by atoms with van der Waals surface area (Å²) >= 11 is 1.42. The van der Waals surface area contributed by atoms with Crippen molar-refractivity contribution in [1.29, 1.82) is 0 Å². The monoisotopic (exact) mass is 294 g/mol. The molecule has 0 atom stereocenters. The van der Waals surface area contributed by atoms with Gasteiger partial charge < -0.3 is 9.32 Å². The van der Waals surface area contributed by atoms with Gasteiger partial charge in [-0.2, -0.15) is 15.0 Å².